The van der Waals surface area contributed by atoms with Crippen LogP contribution in [-0.2, 0) is 4.74 Å². The molecular formula is C27H38O. The minimum atomic E-state index is 0.164. The lowest BCUT2D eigenvalue weighted by atomic mass is 9.83. The Morgan fingerprint density at radius 2 is 1.71 bits per heavy atom. The molecule has 0 heterocycles. The fourth-order valence-corrected chi connectivity index (χ4v) is 4.60. The van der Waals surface area contributed by atoms with E-state index in [1.54, 1.807) is 0 Å². The van der Waals surface area contributed by atoms with E-state index >= 15 is 0 Å². The van der Waals surface area contributed by atoms with E-state index in [0.29, 0.717) is 5.92 Å². The van der Waals surface area contributed by atoms with Crippen LogP contribution in [0.3, 0.4) is 0 Å². The monoisotopic (exact) mass is 378 g/mol. The fraction of sp³-hybridized carbons (Fsp3) is 0.556. The third kappa shape index (κ3) is 5.47. The fourth-order valence-electron chi connectivity index (χ4n) is 4.60. The molecule has 1 nitrogen and oxygen atoms in total. The molecule has 1 aliphatic rings. The topological polar surface area (TPSA) is 9.23 Å². The highest BCUT2D eigenvalue weighted by atomic mass is 16.5. The summed E-state index contributed by atoms with van der Waals surface area (Å²) in [6.45, 7) is 10.1. The molecule has 1 saturated carbocycles. The second-order valence-electron chi connectivity index (χ2n) is 9.00. The highest BCUT2D eigenvalue weighted by Crippen LogP contribution is 2.31. The van der Waals surface area contributed by atoms with E-state index < -0.39 is 0 Å². The summed E-state index contributed by atoms with van der Waals surface area (Å²) in [6.07, 6.45) is 12.5. The second-order valence-corrected chi connectivity index (χ2v) is 9.00. The quantitative estimate of drug-likeness (QED) is 0.452. The van der Waals surface area contributed by atoms with Gasteiger partial charge in [0.2, 0.25) is 0 Å². The summed E-state index contributed by atoms with van der Waals surface area (Å²) in [5.41, 5.74) is 2.77. The van der Waals surface area contributed by atoms with Crippen molar-refractivity contribution in [2.45, 2.75) is 78.2 Å². The number of hydrogen-bond acceptors (Lipinski definition) is 1. The molecule has 0 amide bonds. The standard InChI is InChI=1S/C27H38O/c1-5-8-21(3)25-10-7-11-26-24(9-6-12-27(25)26)18-15-22(4)28-19-23-16-13-20(2)14-17-23/h6-7,9-12,15,18,20-23H,5,8,13-14,16-17,19H2,1-4H3/b18-15-. The molecule has 0 spiro atoms. The van der Waals surface area contributed by atoms with E-state index in [4.69, 9.17) is 4.74 Å². The van der Waals surface area contributed by atoms with Crippen LogP contribution in [0.2, 0.25) is 0 Å². The van der Waals surface area contributed by atoms with Crippen LogP contribution in [-0.4, -0.2) is 12.7 Å². The maximum absolute atomic E-state index is 6.16. The molecule has 0 aromatic heterocycles. The van der Waals surface area contributed by atoms with Crippen LogP contribution in [0.15, 0.2) is 42.5 Å². The van der Waals surface area contributed by atoms with Crippen molar-refractivity contribution in [2.24, 2.45) is 11.8 Å². The Hall–Kier alpha value is -1.60. The molecule has 1 aliphatic carbocycles. The van der Waals surface area contributed by atoms with Crippen LogP contribution in [0.5, 0.6) is 0 Å². The summed E-state index contributed by atoms with van der Waals surface area (Å²) in [4.78, 5) is 0. The molecule has 28 heavy (non-hydrogen) atoms. The molecule has 0 aliphatic heterocycles. The van der Waals surface area contributed by atoms with Crippen molar-refractivity contribution in [3.8, 4) is 0 Å². The van der Waals surface area contributed by atoms with Crippen LogP contribution in [0.1, 0.15) is 83.3 Å². The van der Waals surface area contributed by atoms with Crippen LogP contribution >= 0.6 is 0 Å². The van der Waals surface area contributed by atoms with Crippen molar-refractivity contribution >= 4 is 16.8 Å². The van der Waals surface area contributed by atoms with Crippen LogP contribution < -0.4 is 0 Å². The Morgan fingerprint density at radius 1 is 1.00 bits per heavy atom. The largest absolute Gasteiger partial charge is 0.374 e. The van der Waals surface area contributed by atoms with Crippen molar-refractivity contribution in [1.82, 2.24) is 0 Å². The summed E-state index contributed by atoms with van der Waals surface area (Å²) in [6, 6.07) is 13.5. The van der Waals surface area contributed by atoms with Gasteiger partial charge in [-0.05, 0) is 65.8 Å². The number of hydrogen-bond donors (Lipinski definition) is 0. The van der Waals surface area contributed by atoms with Gasteiger partial charge in [-0.15, -0.1) is 0 Å². The van der Waals surface area contributed by atoms with Crippen LogP contribution in [0, 0.1) is 11.8 Å². The third-order valence-corrected chi connectivity index (χ3v) is 6.52. The Balaban J connectivity index is 1.67. The van der Waals surface area contributed by atoms with Crippen molar-refractivity contribution in [3.63, 3.8) is 0 Å². The SMILES string of the molecule is CCCC(C)c1cccc2c(/C=C\C(C)OCC3CCC(C)CC3)cccc12. The molecule has 0 bridgehead atoms. The lowest BCUT2D eigenvalue weighted by Crippen LogP contribution is -2.19. The Labute approximate surface area is 172 Å². The Kier molecular flexibility index (Phi) is 7.73. The highest BCUT2D eigenvalue weighted by molar-refractivity contribution is 5.93. The summed E-state index contributed by atoms with van der Waals surface area (Å²) >= 11 is 0. The van der Waals surface area contributed by atoms with Gasteiger partial charge in [-0.3, -0.25) is 0 Å². The Bertz CT molecular complexity index is 767. The van der Waals surface area contributed by atoms with Gasteiger partial charge in [0.05, 0.1) is 12.7 Å². The third-order valence-electron chi connectivity index (χ3n) is 6.52. The van der Waals surface area contributed by atoms with Crippen molar-refractivity contribution < 1.29 is 4.74 Å². The number of benzene rings is 2. The molecule has 2 aromatic carbocycles. The maximum Gasteiger partial charge on any atom is 0.0731 e. The molecule has 3 rings (SSSR count). The minimum absolute atomic E-state index is 0.164. The van der Waals surface area contributed by atoms with E-state index in [0.717, 1.165) is 18.4 Å². The Morgan fingerprint density at radius 3 is 2.46 bits per heavy atom. The predicted molar refractivity (Wildman–Crippen MR) is 123 cm³/mol. The zero-order valence-corrected chi connectivity index (χ0v) is 18.3. The molecule has 0 radical (unpaired) electrons. The first-order valence-electron chi connectivity index (χ1n) is 11.4. The lowest BCUT2D eigenvalue weighted by Gasteiger charge is -2.26. The van der Waals surface area contributed by atoms with Crippen molar-refractivity contribution in [1.29, 1.82) is 0 Å². The first kappa shape index (κ1) is 21.1. The zero-order chi connectivity index (χ0) is 19.9. The van der Waals surface area contributed by atoms with E-state index in [9.17, 15) is 0 Å². The summed E-state index contributed by atoms with van der Waals surface area (Å²) in [7, 11) is 0. The van der Waals surface area contributed by atoms with Gasteiger partial charge in [0, 0.05) is 0 Å². The van der Waals surface area contributed by atoms with Gasteiger partial charge < -0.3 is 4.74 Å². The van der Waals surface area contributed by atoms with E-state index in [1.807, 2.05) is 0 Å². The summed E-state index contributed by atoms with van der Waals surface area (Å²) in [5.74, 6) is 2.27. The lowest BCUT2D eigenvalue weighted by molar-refractivity contribution is 0.0520. The zero-order valence-electron chi connectivity index (χ0n) is 18.3. The molecule has 1 heteroatoms. The molecule has 1 fully saturated rings. The maximum atomic E-state index is 6.16. The average Bonchev–Trinajstić information content (AvgIpc) is 2.71. The molecule has 2 unspecified atom stereocenters. The molecule has 0 saturated heterocycles. The van der Waals surface area contributed by atoms with E-state index in [-0.39, 0.29) is 6.10 Å². The first-order valence-corrected chi connectivity index (χ1v) is 11.4. The van der Waals surface area contributed by atoms with Crippen molar-refractivity contribution in [2.75, 3.05) is 6.61 Å². The van der Waals surface area contributed by atoms with Crippen LogP contribution in [0.4, 0.5) is 0 Å². The van der Waals surface area contributed by atoms with Gasteiger partial charge in [-0.25, -0.2) is 0 Å². The summed E-state index contributed by atoms with van der Waals surface area (Å²) in [5, 5.41) is 2.75. The number of rotatable bonds is 8. The van der Waals surface area contributed by atoms with Gasteiger partial charge in [0.1, 0.15) is 0 Å². The number of fused-ring (bicyclic) bond motifs is 1. The van der Waals surface area contributed by atoms with Crippen molar-refractivity contribution in [3.05, 3.63) is 53.6 Å². The van der Waals surface area contributed by atoms with Gasteiger partial charge in [-0.2, -0.15) is 0 Å². The van der Waals surface area contributed by atoms with Gasteiger partial charge >= 0.3 is 0 Å². The molecule has 2 aromatic rings. The second kappa shape index (κ2) is 10.3. The minimum Gasteiger partial charge on any atom is -0.374 e. The highest BCUT2D eigenvalue weighted by Gasteiger charge is 2.18. The number of ether oxygens (including phenoxy) is 1. The van der Waals surface area contributed by atoms with Crippen LogP contribution in [0.25, 0.3) is 16.8 Å². The van der Waals surface area contributed by atoms with E-state index in [1.165, 1.54) is 60.4 Å². The first-order chi connectivity index (χ1) is 13.6. The summed E-state index contributed by atoms with van der Waals surface area (Å²) < 4.78 is 6.16. The molecule has 0 N–H and O–H groups in total. The molecule has 2 atom stereocenters. The van der Waals surface area contributed by atoms with Gasteiger partial charge in [-0.1, -0.05) is 88.6 Å². The van der Waals surface area contributed by atoms with Gasteiger partial charge in [0.15, 0.2) is 0 Å². The normalized spacial score (nSPS) is 22.6. The predicted octanol–water partition coefficient (Wildman–Crippen LogP) is 7.99. The molecule has 152 valence electrons. The van der Waals surface area contributed by atoms with E-state index in [2.05, 4.69) is 76.2 Å². The van der Waals surface area contributed by atoms with Gasteiger partial charge in [0.25, 0.3) is 0 Å². The smallest absolute Gasteiger partial charge is 0.0731 e. The average molecular weight is 379 g/mol. The molecular weight excluding hydrogens is 340 g/mol.